The predicted octanol–water partition coefficient (Wildman–Crippen LogP) is 1.21. The van der Waals surface area contributed by atoms with E-state index in [0.717, 1.165) is 5.52 Å². The van der Waals surface area contributed by atoms with Crippen molar-refractivity contribution in [3.63, 3.8) is 0 Å². The lowest BCUT2D eigenvalue weighted by atomic mass is 10.2. The first-order valence-electron chi connectivity index (χ1n) is 3.26. The van der Waals surface area contributed by atoms with Crippen molar-refractivity contribution in [2.24, 2.45) is 0 Å². The summed E-state index contributed by atoms with van der Waals surface area (Å²) < 4.78 is 0. The largest absolute Gasteiger partial charge is 0.344 e. The number of aromatic nitrogens is 1. The van der Waals surface area contributed by atoms with Gasteiger partial charge in [0.05, 0.1) is 13.9 Å². The Morgan fingerprint density at radius 2 is 1.58 bits per heavy atom. The molecule has 0 atom stereocenters. The van der Waals surface area contributed by atoms with E-state index in [1.807, 2.05) is 30.5 Å². The molecule has 0 fully saturated rings. The Labute approximate surface area is 73.8 Å². The second-order valence-electron chi connectivity index (χ2n) is 2.20. The molecular formula is C9H13BN2. The van der Waals surface area contributed by atoms with Crippen LogP contribution in [-0.4, -0.2) is 13.4 Å². The molecule has 0 spiro atoms. The summed E-state index contributed by atoms with van der Waals surface area (Å²) in [5.41, 5.74) is 1.06. The van der Waals surface area contributed by atoms with Crippen molar-refractivity contribution in [3.05, 3.63) is 42.6 Å². The van der Waals surface area contributed by atoms with Crippen LogP contribution in [0.1, 0.15) is 0 Å². The number of nitrogens with zero attached hydrogens (tertiary/aromatic N) is 1. The summed E-state index contributed by atoms with van der Waals surface area (Å²) in [7, 11) is 0. The Morgan fingerprint density at radius 1 is 0.917 bits per heavy atom. The third-order valence-electron chi connectivity index (χ3n) is 1.51. The maximum Gasteiger partial charge on any atom is 0.0814 e. The van der Waals surface area contributed by atoms with Gasteiger partial charge >= 0.3 is 0 Å². The van der Waals surface area contributed by atoms with Gasteiger partial charge in [-0.1, -0.05) is 24.3 Å². The van der Waals surface area contributed by atoms with Crippen LogP contribution in [0.15, 0.2) is 42.6 Å². The molecule has 0 aliphatic carbocycles. The van der Waals surface area contributed by atoms with Crippen molar-refractivity contribution in [1.82, 2.24) is 11.1 Å². The average molecular weight is 160 g/mol. The monoisotopic (exact) mass is 160 g/mol. The van der Waals surface area contributed by atoms with Crippen molar-refractivity contribution < 1.29 is 0 Å². The van der Waals surface area contributed by atoms with E-state index in [0.29, 0.717) is 0 Å². The molecule has 3 heteroatoms. The lowest BCUT2D eigenvalue weighted by molar-refractivity contribution is 1.41. The molecule has 0 saturated carbocycles. The van der Waals surface area contributed by atoms with Gasteiger partial charge in [0.15, 0.2) is 0 Å². The highest BCUT2D eigenvalue weighted by molar-refractivity contribution is 5.77. The molecule has 2 nitrogen and oxygen atoms in total. The maximum absolute atomic E-state index is 4.18. The minimum absolute atomic E-state index is 0. The van der Waals surface area contributed by atoms with Crippen molar-refractivity contribution >= 4 is 19.3 Å². The Balaban J connectivity index is 0.000000605. The summed E-state index contributed by atoms with van der Waals surface area (Å²) in [4.78, 5) is 4.18. The van der Waals surface area contributed by atoms with Crippen LogP contribution >= 0.6 is 0 Å². The highest BCUT2D eigenvalue weighted by Crippen LogP contribution is 2.07. The van der Waals surface area contributed by atoms with Gasteiger partial charge in [0.2, 0.25) is 0 Å². The van der Waals surface area contributed by atoms with Crippen molar-refractivity contribution in [2.45, 2.75) is 0 Å². The molecule has 0 amide bonds. The fourth-order valence-electron chi connectivity index (χ4n) is 1.02. The molecule has 1 aromatic heterocycles. The van der Waals surface area contributed by atoms with Crippen LogP contribution in [0.3, 0.4) is 0 Å². The number of benzene rings is 1. The first-order valence-corrected chi connectivity index (χ1v) is 3.26. The van der Waals surface area contributed by atoms with Crippen LogP contribution in [0.25, 0.3) is 10.9 Å². The smallest absolute Gasteiger partial charge is 0.0814 e. The lowest BCUT2D eigenvalue weighted by Gasteiger charge is -1.91. The van der Waals surface area contributed by atoms with Gasteiger partial charge in [0, 0.05) is 11.6 Å². The minimum atomic E-state index is 0. The zero-order valence-electron chi connectivity index (χ0n) is 6.20. The number of hydrogen-bond acceptors (Lipinski definition) is 2. The van der Waals surface area contributed by atoms with Crippen LogP contribution in [0.5, 0.6) is 0 Å². The molecule has 0 saturated heterocycles. The van der Waals surface area contributed by atoms with Crippen LogP contribution in [0, 0.1) is 0 Å². The van der Waals surface area contributed by atoms with Crippen molar-refractivity contribution in [1.29, 1.82) is 0 Å². The molecule has 2 rings (SSSR count). The van der Waals surface area contributed by atoms with E-state index < -0.39 is 0 Å². The van der Waals surface area contributed by atoms with Crippen LogP contribution in [0.4, 0.5) is 0 Å². The van der Waals surface area contributed by atoms with Gasteiger partial charge < -0.3 is 6.15 Å². The van der Waals surface area contributed by atoms with Gasteiger partial charge in [-0.25, -0.2) is 0 Å². The van der Waals surface area contributed by atoms with Crippen LogP contribution in [0.2, 0.25) is 0 Å². The third kappa shape index (κ3) is 1.83. The van der Waals surface area contributed by atoms with E-state index in [1.54, 1.807) is 0 Å². The molecule has 3 N–H and O–H groups in total. The Morgan fingerprint density at radius 3 is 2.33 bits per heavy atom. The van der Waals surface area contributed by atoms with Gasteiger partial charge in [0.1, 0.15) is 0 Å². The predicted molar refractivity (Wildman–Crippen MR) is 56.7 cm³/mol. The zero-order chi connectivity index (χ0) is 6.81. The van der Waals surface area contributed by atoms with Crippen molar-refractivity contribution in [3.8, 4) is 0 Å². The van der Waals surface area contributed by atoms with Crippen LogP contribution in [-0.2, 0) is 0 Å². The first-order chi connectivity index (χ1) is 4.97. The van der Waals surface area contributed by atoms with E-state index in [-0.39, 0.29) is 14.6 Å². The fraction of sp³-hybridized carbons (Fsp3) is 0. The maximum atomic E-state index is 4.18. The summed E-state index contributed by atoms with van der Waals surface area (Å²) >= 11 is 0. The standard InChI is InChI=1S/C9H7N.BH3.H3N/c1-2-6-9-8(4-1)5-3-7-10-9;;/h1-7H;2*1H3. The van der Waals surface area contributed by atoms with Crippen LogP contribution < -0.4 is 6.15 Å². The topological polar surface area (TPSA) is 47.9 Å². The zero-order valence-corrected chi connectivity index (χ0v) is 6.20. The SMILES string of the molecule is B.N.c1ccc2ncccc2c1. The lowest BCUT2D eigenvalue weighted by Crippen LogP contribution is -1.73. The normalized spacial score (nSPS) is 8.33. The van der Waals surface area contributed by atoms with Gasteiger partial charge in [-0.3, -0.25) is 4.98 Å². The number of para-hydroxylation sites is 1. The number of pyridine rings is 1. The summed E-state index contributed by atoms with van der Waals surface area (Å²) in [6.45, 7) is 0. The van der Waals surface area contributed by atoms with E-state index in [9.17, 15) is 0 Å². The molecule has 0 aliphatic heterocycles. The number of rotatable bonds is 0. The number of fused-ring (bicyclic) bond motifs is 1. The van der Waals surface area contributed by atoms with Gasteiger partial charge in [0.25, 0.3) is 0 Å². The molecule has 0 aliphatic rings. The summed E-state index contributed by atoms with van der Waals surface area (Å²) in [6.07, 6.45) is 1.81. The third-order valence-corrected chi connectivity index (χ3v) is 1.51. The highest BCUT2D eigenvalue weighted by atomic mass is 14.6. The first kappa shape index (κ1) is 10.7. The fourth-order valence-corrected chi connectivity index (χ4v) is 1.02. The molecule has 12 heavy (non-hydrogen) atoms. The highest BCUT2D eigenvalue weighted by Gasteiger charge is 1.86. The van der Waals surface area contributed by atoms with E-state index >= 15 is 0 Å². The molecule has 0 bridgehead atoms. The Bertz CT molecular complexity index is 284. The van der Waals surface area contributed by atoms with Gasteiger partial charge in [-0.15, -0.1) is 0 Å². The van der Waals surface area contributed by atoms with Gasteiger partial charge in [-0.2, -0.15) is 0 Å². The van der Waals surface area contributed by atoms with E-state index in [4.69, 9.17) is 0 Å². The summed E-state index contributed by atoms with van der Waals surface area (Å²) in [5, 5.41) is 1.20. The molecule has 0 unspecified atom stereocenters. The molecule has 62 valence electrons. The molecule has 2 aromatic rings. The Kier molecular flexibility index (Phi) is 4.01. The minimum Gasteiger partial charge on any atom is -0.344 e. The average Bonchev–Trinajstić information content (AvgIpc) is 2.05. The second-order valence-corrected chi connectivity index (χ2v) is 2.20. The van der Waals surface area contributed by atoms with Gasteiger partial charge in [-0.05, 0) is 12.1 Å². The summed E-state index contributed by atoms with van der Waals surface area (Å²) in [6, 6.07) is 12.1. The second kappa shape index (κ2) is 4.52. The number of hydrogen-bond donors (Lipinski definition) is 1. The quantitative estimate of drug-likeness (QED) is 0.588. The summed E-state index contributed by atoms with van der Waals surface area (Å²) in [5.74, 6) is 0. The molecular weight excluding hydrogens is 147 g/mol. The molecule has 0 radical (unpaired) electrons. The van der Waals surface area contributed by atoms with E-state index in [1.165, 1.54) is 5.39 Å². The molecule has 1 heterocycles. The molecule has 1 aromatic carbocycles. The Hall–Kier alpha value is -1.35. The van der Waals surface area contributed by atoms with E-state index in [2.05, 4.69) is 17.1 Å². The van der Waals surface area contributed by atoms with Crippen molar-refractivity contribution in [2.75, 3.05) is 0 Å².